The predicted molar refractivity (Wildman–Crippen MR) is 114 cm³/mol. The average Bonchev–Trinajstić information content (AvgIpc) is 2.52. The van der Waals surface area contributed by atoms with E-state index < -0.39 is 0 Å². The summed E-state index contributed by atoms with van der Waals surface area (Å²) < 4.78 is 5.94. The molecular weight excluding hydrogens is 320 g/mol. The van der Waals surface area contributed by atoms with E-state index in [0.29, 0.717) is 18.1 Å². The summed E-state index contributed by atoms with van der Waals surface area (Å²) in [6, 6.07) is 4.07. The highest BCUT2D eigenvalue weighted by atomic mass is 16.5. The molecule has 0 unspecified atom stereocenters. The molecule has 1 rings (SSSR count). The minimum Gasteiger partial charge on any atom is -0.504 e. The summed E-state index contributed by atoms with van der Waals surface area (Å²) in [4.78, 5) is 0. The van der Waals surface area contributed by atoms with Gasteiger partial charge in [0.25, 0.3) is 0 Å². The zero-order chi connectivity index (χ0) is 19.8. The molecule has 26 heavy (non-hydrogen) atoms. The van der Waals surface area contributed by atoms with Crippen LogP contribution in [0.1, 0.15) is 111 Å². The minimum absolute atomic E-state index is 0.00357. The lowest BCUT2D eigenvalue weighted by atomic mass is 9.74. The van der Waals surface area contributed by atoms with Gasteiger partial charge < -0.3 is 9.84 Å². The van der Waals surface area contributed by atoms with Crippen molar-refractivity contribution in [3.8, 4) is 11.5 Å². The molecule has 2 heteroatoms. The van der Waals surface area contributed by atoms with Gasteiger partial charge in [-0.2, -0.15) is 0 Å². The number of benzene rings is 1. The second-order valence-electron chi connectivity index (χ2n) is 9.66. The number of ether oxygens (including phenoxy) is 1. The molecule has 0 heterocycles. The van der Waals surface area contributed by atoms with Crippen LogP contribution in [0.2, 0.25) is 0 Å². The first-order chi connectivity index (χ1) is 12.1. The molecule has 1 aromatic carbocycles. The Bertz CT molecular complexity index is 532. The zero-order valence-electron chi connectivity index (χ0n) is 18.4. The maximum absolute atomic E-state index is 10.9. The molecule has 1 N–H and O–H groups in total. The van der Waals surface area contributed by atoms with Crippen LogP contribution >= 0.6 is 0 Å². The van der Waals surface area contributed by atoms with Crippen LogP contribution in [0.4, 0.5) is 0 Å². The van der Waals surface area contributed by atoms with Gasteiger partial charge in [-0.3, -0.25) is 0 Å². The summed E-state index contributed by atoms with van der Waals surface area (Å²) in [5.41, 5.74) is 2.08. The van der Waals surface area contributed by atoms with Gasteiger partial charge in [-0.05, 0) is 28.9 Å². The number of phenols is 1. The van der Waals surface area contributed by atoms with Gasteiger partial charge in [0.2, 0.25) is 0 Å². The normalized spacial score (nSPS) is 12.4. The second kappa shape index (κ2) is 10.2. The van der Waals surface area contributed by atoms with Crippen molar-refractivity contribution in [2.24, 2.45) is 0 Å². The molecule has 0 atom stereocenters. The van der Waals surface area contributed by atoms with Crippen LogP contribution in [0, 0.1) is 0 Å². The third-order valence-electron chi connectivity index (χ3n) is 4.95. The highest BCUT2D eigenvalue weighted by Crippen LogP contribution is 2.44. The van der Waals surface area contributed by atoms with Crippen molar-refractivity contribution in [3.05, 3.63) is 23.3 Å². The summed E-state index contributed by atoms with van der Waals surface area (Å²) in [5.74, 6) is 0.954. The molecule has 0 aliphatic carbocycles. The van der Waals surface area contributed by atoms with E-state index in [4.69, 9.17) is 4.74 Å². The Morgan fingerprint density at radius 1 is 0.769 bits per heavy atom. The van der Waals surface area contributed by atoms with E-state index in [2.05, 4.69) is 54.5 Å². The van der Waals surface area contributed by atoms with Crippen molar-refractivity contribution in [1.82, 2.24) is 0 Å². The van der Waals surface area contributed by atoms with Gasteiger partial charge in [0, 0.05) is 5.56 Å². The number of hydrogen-bond donors (Lipinski definition) is 1. The minimum atomic E-state index is -0.120. The molecule has 150 valence electrons. The van der Waals surface area contributed by atoms with Crippen LogP contribution in [0.25, 0.3) is 0 Å². The molecule has 0 amide bonds. The van der Waals surface area contributed by atoms with E-state index in [1.165, 1.54) is 50.5 Å². The smallest absolute Gasteiger partial charge is 0.161 e. The largest absolute Gasteiger partial charge is 0.504 e. The molecule has 0 saturated carbocycles. The van der Waals surface area contributed by atoms with E-state index >= 15 is 0 Å². The molecule has 0 aromatic heterocycles. The van der Waals surface area contributed by atoms with Gasteiger partial charge in [-0.25, -0.2) is 0 Å². The molecule has 0 aliphatic rings. The highest BCUT2D eigenvalue weighted by Gasteiger charge is 2.29. The number of rotatable bonds is 10. The van der Waals surface area contributed by atoms with Crippen LogP contribution < -0.4 is 4.74 Å². The van der Waals surface area contributed by atoms with Gasteiger partial charge in [0.05, 0.1) is 6.61 Å². The van der Waals surface area contributed by atoms with Gasteiger partial charge in [0.1, 0.15) is 0 Å². The molecule has 2 nitrogen and oxygen atoms in total. The lowest BCUT2D eigenvalue weighted by Gasteiger charge is -2.31. The van der Waals surface area contributed by atoms with Crippen molar-refractivity contribution in [1.29, 1.82) is 0 Å². The van der Waals surface area contributed by atoms with Crippen molar-refractivity contribution in [2.75, 3.05) is 6.61 Å². The molecule has 0 fully saturated rings. The molecule has 0 bridgehead atoms. The zero-order valence-corrected chi connectivity index (χ0v) is 18.4. The first-order valence-corrected chi connectivity index (χ1v) is 10.6. The fourth-order valence-electron chi connectivity index (χ4n) is 3.49. The Hall–Kier alpha value is -1.18. The Balaban J connectivity index is 2.61. The first kappa shape index (κ1) is 22.9. The average molecular weight is 363 g/mol. The summed E-state index contributed by atoms with van der Waals surface area (Å²) in [6.07, 6.45) is 10.3. The summed E-state index contributed by atoms with van der Waals surface area (Å²) in [5, 5.41) is 10.9. The maximum Gasteiger partial charge on any atom is 0.161 e. The predicted octanol–water partition coefficient (Wildman–Crippen LogP) is 7.51. The van der Waals surface area contributed by atoms with E-state index in [1.807, 2.05) is 6.07 Å². The van der Waals surface area contributed by atoms with Crippen molar-refractivity contribution < 1.29 is 9.84 Å². The molecule has 0 aliphatic heterocycles. The standard InChI is InChI=1S/C24H42O2/c1-8-9-10-11-12-13-14-15-18-26-20-17-16-19(23(2,3)4)21(22(20)25)24(5,6)7/h16-17,25H,8-15,18H2,1-7H3. The van der Waals surface area contributed by atoms with Crippen LogP contribution in [0.5, 0.6) is 11.5 Å². The molecule has 1 aromatic rings. The van der Waals surface area contributed by atoms with Crippen LogP contribution in [-0.4, -0.2) is 11.7 Å². The lowest BCUT2D eigenvalue weighted by molar-refractivity contribution is 0.285. The Morgan fingerprint density at radius 2 is 1.31 bits per heavy atom. The lowest BCUT2D eigenvalue weighted by Crippen LogP contribution is -2.22. The molecule has 0 radical (unpaired) electrons. The van der Waals surface area contributed by atoms with Crippen molar-refractivity contribution >= 4 is 0 Å². The van der Waals surface area contributed by atoms with E-state index in [1.54, 1.807) is 0 Å². The monoisotopic (exact) mass is 362 g/mol. The highest BCUT2D eigenvalue weighted by molar-refractivity contribution is 5.54. The molecule has 0 saturated heterocycles. The number of hydrogen-bond acceptors (Lipinski definition) is 2. The quantitative estimate of drug-likeness (QED) is 0.436. The summed E-state index contributed by atoms with van der Waals surface area (Å²) in [6.45, 7) is 16.0. The van der Waals surface area contributed by atoms with Gasteiger partial charge in [-0.1, -0.05) is 99.5 Å². The first-order valence-electron chi connectivity index (χ1n) is 10.6. The number of phenolic OH excluding ortho intramolecular Hbond substituents is 1. The fraction of sp³-hybridized carbons (Fsp3) is 0.750. The third kappa shape index (κ3) is 7.21. The summed E-state index contributed by atoms with van der Waals surface area (Å²) >= 11 is 0. The molecular formula is C24H42O2. The summed E-state index contributed by atoms with van der Waals surface area (Å²) in [7, 11) is 0. The van der Waals surface area contributed by atoms with Crippen molar-refractivity contribution in [2.45, 2.75) is 111 Å². The van der Waals surface area contributed by atoms with Crippen LogP contribution in [0.3, 0.4) is 0 Å². The topological polar surface area (TPSA) is 29.5 Å². The Labute approximate surface area is 162 Å². The third-order valence-corrected chi connectivity index (χ3v) is 4.95. The Kier molecular flexibility index (Phi) is 9.00. The number of unbranched alkanes of at least 4 members (excludes halogenated alkanes) is 7. The fourth-order valence-corrected chi connectivity index (χ4v) is 3.49. The SMILES string of the molecule is CCCCCCCCCCOc1ccc(C(C)(C)C)c(C(C)(C)C)c1O. The number of aromatic hydroxyl groups is 1. The van der Waals surface area contributed by atoms with E-state index in [0.717, 1.165) is 12.0 Å². The molecule has 0 spiro atoms. The van der Waals surface area contributed by atoms with E-state index in [9.17, 15) is 5.11 Å². The Morgan fingerprint density at radius 3 is 1.81 bits per heavy atom. The van der Waals surface area contributed by atoms with Crippen LogP contribution in [0.15, 0.2) is 12.1 Å². The van der Waals surface area contributed by atoms with Gasteiger partial charge in [0.15, 0.2) is 11.5 Å². The van der Waals surface area contributed by atoms with Crippen LogP contribution in [-0.2, 0) is 10.8 Å². The van der Waals surface area contributed by atoms with E-state index in [-0.39, 0.29) is 10.8 Å². The maximum atomic E-state index is 10.9. The second-order valence-corrected chi connectivity index (χ2v) is 9.66. The van der Waals surface area contributed by atoms with Crippen molar-refractivity contribution in [3.63, 3.8) is 0 Å². The van der Waals surface area contributed by atoms with Gasteiger partial charge >= 0.3 is 0 Å². The van der Waals surface area contributed by atoms with Gasteiger partial charge in [-0.15, -0.1) is 0 Å².